The highest BCUT2D eigenvalue weighted by Gasteiger charge is 2.18. The molecule has 2 aromatic rings. The van der Waals surface area contributed by atoms with Crippen LogP contribution in [-0.2, 0) is 10.0 Å². The number of anilines is 1. The van der Waals surface area contributed by atoms with E-state index in [0.29, 0.717) is 18.0 Å². The van der Waals surface area contributed by atoms with Gasteiger partial charge < -0.3 is 4.90 Å². The molecule has 25 heavy (non-hydrogen) atoms. The lowest BCUT2D eigenvalue weighted by Gasteiger charge is -2.17. The minimum Gasteiger partial charge on any atom is -0.311 e. The molecule has 0 unspecified atom stereocenters. The van der Waals surface area contributed by atoms with Crippen molar-refractivity contribution in [1.82, 2.24) is 4.72 Å². The fourth-order valence-corrected chi connectivity index (χ4v) is 3.42. The Bertz CT molecular complexity index is 818. The summed E-state index contributed by atoms with van der Waals surface area (Å²) in [6.07, 6.45) is 0.759. The molecule has 0 heterocycles. The van der Waals surface area contributed by atoms with E-state index in [9.17, 15) is 13.2 Å². The predicted octanol–water partition coefficient (Wildman–Crippen LogP) is 3.29. The number of para-hydroxylation sites is 1. The highest BCUT2D eigenvalue weighted by atomic mass is 32.2. The average molecular weight is 360 g/mol. The number of benzene rings is 2. The Labute approximate surface area is 149 Å². The van der Waals surface area contributed by atoms with Gasteiger partial charge in [0, 0.05) is 24.8 Å². The van der Waals surface area contributed by atoms with Gasteiger partial charge in [0.05, 0.1) is 4.90 Å². The van der Waals surface area contributed by atoms with Gasteiger partial charge in [0.15, 0.2) is 0 Å². The SMILES string of the molecule is CC(C)CCNS(=O)(=O)c1cccc(C(=O)N(C)c2ccccc2)c1. The van der Waals surface area contributed by atoms with Crippen molar-refractivity contribution >= 4 is 21.6 Å². The lowest BCUT2D eigenvalue weighted by Crippen LogP contribution is -2.28. The number of carbonyl (C=O) groups excluding carboxylic acids is 1. The minimum absolute atomic E-state index is 0.101. The monoisotopic (exact) mass is 360 g/mol. The van der Waals surface area contributed by atoms with Gasteiger partial charge in [-0.3, -0.25) is 4.79 Å². The maximum atomic E-state index is 12.6. The molecule has 0 aromatic heterocycles. The van der Waals surface area contributed by atoms with E-state index in [-0.39, 0.29) is 10.8 Å². The molecule has 5 nitrogen and oxygen atoms in total. The molecule has 2 aromatic carbocycles. The van der Waals surface area contributed by atoms with Crippen LogP contribution < -0.4 is 9.62 Å². The largest absolute Gasteiger partial charge is 0.311 e. The molecule has 0 aliphatic carbocycles. The number of sulfonamides is 1. The number of nitrogens with zero attached hydrogens (tertiary/aromatic N) is 1. The van der Waals surface area contributed by atoms with Crippen LogP contribution in [0.4, 0.5) is 5.69 Å². The molecule has 2 rings (SSSR count). The summed E-state index contributed by atoms with van der Waals surface area (Å²) in [5.74, 6) is 0.153. The number of hydrogen-bond acceptors (Lipinski definition) is 3. The molecule has 0 spiro atoms. The fraction of sp³-hybridized carbons (Fsp3) is 0.316. The fourth-order valence-electron chi connectivity index (χ4n) is 2.32. The Morgan fingerprint density at radius 1 is 1.08 bits per heavy atom. The van der Waals surface area contributed by atoms with E-state index in [1.54, 1.807) is 19.2 Å². The zero-order valence-electron chi connectivity index (χ0n) is 14.8. The van der Waals surface area contributed by atoms with Gasteiger partial charge in [0.2, 0.25) is 10.0 Å². The first-order valence-electron chi connectivity index (χ1n) is 8.24. The van der Waals surface area contributed by atoms with Crippen LogP contribution in [0.1, 0.15) is 30.6 Å². The zero-order chi connectivity index (χ0) is 18.4. The lowest BCUT2D eigenvalue weighted by molar-refractivity contribution is 0.0993. The van der Waals surface area contributed by atoms with Gasteiger partial charge in [-0.1, -0.05) is 38.1 Å². The maximum Gasteiger partial charge on any atom is 0.258 e. The molecule has 0 fully saturated rings. The summed E-state index contributed by atoms with van der Waals surface area (Å²) in [6.45, 7) is 4.45. The molecule has 1 N–H and O–H groups in total. The average Bonchev–Trinajstić information content (AvgIpc) is 2.61. The molecule has 134 valence electrons. The molecule has 0 aliphatic rings. The van der Waals surface area contributed by atoms with Crippen molar-refractivity contribution < 1.29 is 13.2 Å². The van der Waals surface area contributed by atoms with E-state index in [4.69, 9.17) is 0 Å². The van der Waals surface area contributed by atoms with Crippen LogP contribution in [-0.4, -0.2) is 27.9 Å². The molecule has 1 amide bonds. The lowest BCUT2D eigenvalue weighted by atomic mass is 10.1. The molecule has 0 bridgehead atoms. The van der Waals surface area contributed by atoms with Gasteiger partial charge in [-0.25, -0.2) is 13.1 Å². The van der Waals surface area contributed by atoms with Crippen LogP contribution in [0.25, 0.3) is 0 Å². The van der Waals surface area contributed by atoms with Crippen molar-refractivity contribution in [2.45, 2.75) is 25.2 Å². The molecule has 6 heteroatoms. The second kappa shape index (κ2) is 8.27. The van der Waals surface area contributed by atoms with Crippen molar-refractivity contribution in [1.29, 1.82) is 0 Å². The normalized spacial score (nSPS) is 11.5. The van der Waals surface area contributed by atoms with Crippen LogP contribution in [0, 0.1) is 5.92 Å². The van der Waals surface area contributed by atoms with Crippen molar-refractivity contribution in [2.24, 2.45) is 5.92 Å². The second-order valence-corrected chi connectivity index (χ2v) is 8.07. The summed E-state index contributed by atoms with van der Waals surface area (Å²) in [4.78, 5) is 14.2. The number of nitrogens with one attached hydrogen (secondary N) is 1. The predicted molar refractivity (Wildman–Crippen MR) is 100 cm³/mol. The first kappa shape index (κ1) is 19.1. The summed E-state index contributed by atoms with van der Waals surface area (Å²) >= 11 is 0. The summed E-state index contributed by atoms with van der Waals surface area (Å²) in [7, 11) is -1.96. The summed E-state index contributed by atoms with van der Waals surface area (Å²) < 4.78 is 27.4. The van der Waals surface area contributed by atoms with Crippen molar-refractivity contribution in [2.75, 3.05) is 18.5 Å². The van der Waals surface area contributed by atoms with Crippen LogP contribution in [0.2, 0.25) is 0 Å². The van der Waals surface area contributed by atoms with Crippen LogP contribution in [0.5, 0.6) is 0 Å². The van der Waals surface area contributed by atoms with Gasteiger partial charge in [-0.05, 0) is 42.7 Å². The minimum atomic E-state index is -3.62. The van der Waals surface area contributed by atoms with E-state index in [1.807, 2.05) is 44.2 Å². The van der Waals surface area contributed by atoms with E-state index in [0.717, 1.165) is 12.1 Å². The number of carbonyl (C=O) groups is 1. The van der Waals surface area contributed by atoms with Gasteiger partial charge in [0.25, 0.3) is 5.91 Å². The van der Waals surface area contributed by atoms with Gasteiger partial charge in [0.1, 0.15) is 0 Å². The third-order valence-electron chi connectivity index (χ3n) is 3.85. The first-order valence-corrected chi connectivity index (χ1v) is 9.72. The standard InChI is InChI=1S/C19H24N2O3S/c1-15(2)12-13-20-25(23,24)18-11-7-8-16(14-18)19(22)21(3)17-9-5-4-6-10-17/h4-11,14-15,20H,12-13H2,1-3H3. The third kappa shape index (κ3) is 5.14. The summed E-state index contributed by atoms with van der Waals surface area (Å²) in [6, 6.07) is 15.3. The second-order valence-electron chi connectivity index (χ2n) is 6.31. The maximum absolute atomic E-state index is 12.6. The van der Waals surface area contributed by atoms with E-state index < -0.39 is 10.0 Å². The number of amides is 1. The van der Waals surface area contributed by atoms with E-state index in [2.05, 4.69) is 4.72 Å². The third-order valence-corrected chi connectivity index (χ3v) is 5.31. The van der Waals surface area contributed by atoms with Crippen molar-refractivity contribution in [3.05, 3.63) is 60.2 Å². The number of rotatable bonds is 7. The van der Waals surface area contributed by atoms with Crippen LogP contribution in [0.3, 0.4) is 0 Å². The van der Waals surface area contributed by atoms with Gasteiger partial charge >= 0.3 is 0 Å². The van der Waals surface area contributed by atoms with Crippen molar-refractivity contribution in [3.63, 3.8) is 0 Å². The molecule has 0 aliphatic heterocycles. The highest BCUT2D eigenvalue weighted by Crippen LogP contribution is 2.17. The molecule has 0 saturated heterocycles. The quantitative estimate of drug-likeness (QED) is 0.824. The Kier molecular flexibility index (Phi) is 6.33. The van der Waals surface area contributed by atoms with Crippen LogP contribution in [0.15, 0.2) is 59.5 Å². The van der Waals surface area contributed by atoms with E-state index >= 15 is 0 Å². The Balaban J connectivity index is 2.19. The smallest absolute Gasteiger partial charge is 0.258 e. The topological polar surface area (TPSA) is 66.5 Å². The zero-order valence-corrected chi connectivity index (χ0v) is 15.6. The Morgan fingerprint density at radius 2 is 1.76 bits per heavy atom. The molecule has 0 saturated carbocycles. The van der Waals surface area contributed by atoms with E-state index in [1.165, 1.54) is 17.0 Å². The molecule has 0 atom stereocenters. The van der Waals surface area contributed by atoms with Crippen LogP contribution >= 0.6 is 0 Å². The number of hydrogen-bond donors (Lipinski definition) is 1. The first-order chi connectivity index (χ1) is 11.8. The Hall–Kier alpha value is -2.18. The summed E-state index contributed by atoms with van der Waals surface area (Å²) in [5.41, 5.74) is 1.08. The molecular weight excluding hydrogens is 336 g/mol. The molecule has 0 radical (unpaired) electrons. The van der Waals surface area contributed by atoms with Gasteiger partial charge in [-0.2, -0.15) is 0 Å². The highest BCUT2D eigenvalue weighted by molar-refractivity contribution is 7.89. The van der Waals surface area contributed by atoms with Crippen molar-refractivity contribution in [3.8, 4) is 0 Å². The Morgan fingerprint density at radius 3 is 2.40 bits per heavy atom. The summed E-state index contributed by atoms with van der Waals surface area (Å²) in [5, 5.41) is 0. The van der Waals surface area contributed by atoms with Gasteiger partial charge in [-0.15, -0.1) is 0 Å². The molecular formula is C19H24N2O3S.